The minimum Gasteiger partial charge on any atom is -0.423 e. The molecule has 0 spiro atoms. The summed E-state index contributed by atoms with van der Waals surface area (Å²) in [5.74, 6) is 0. The number of thioether (sulfide) groups is 2. The van der Waals surface area contributed by atoms with Crippen molar-refractivity contribution in [1.29, 1.82) is 0 Å². The van der Waals surface area contributed by atoms with E-state index in [1.165, 1.54) is 22.1 Å². The van der Waals surface area contributed by atoms with Gasteiger partial charge >= 0.3 is 13.8 Å². The number of hydrogen-bond donors (Lipinski definition) is 0. The quantitative estimate of drug-likeness (QED) is 0.580. The molecule has 2 heterocycles. The highest BCUT2D eigenvalue weighted by atomic mass is 32.2. The van der Waals surface area contributed by atoms with Crippen LogP contribution in [-0.4, -0.2) is 89.9 Å². The van der Waals surface area contributed by atoms with E-state index in [2.05, 4.69) is 100 Å². The molecule has 2 atom stereocenters. The van der Waals surface area contributed by atoms with Gasteiger partial charge in [-0.15, -0.1) is 0 Å². The van der Waals surface area contributed by atoms with Gasteiger partial charge in [-0.25, -0.2) is 0 Å². The third-order valence-electron chi connectivity index (χ3n) is 5.36. The van der Waals surface area contributed by atoms with Gasteiger partial charge in [0, 0.05) is 13.1 Å². The summed E-state index contributed by atoms with van der Waals surface area (Å²) >= 11 is 3.50. The first-order valence-electron chi connectivity index (χ1n) is 11.8. The maximum absolute atomic E-state index is 5.90. The van der Waals surface area contributed by atoms with Crippen LogP contribution in [0, 0.1) is 0 Å². The summed E-state index contributed by atoms with van der Waals surface area (Å²) < 4.78 is 11.8. The van der Waals surface area contributed by atoms with Crippen molar-refractivity contribution in [3.63, 3.8) is 0 Å². The first-order chi connectivity index (χ1) is 16.2. The molecule has 2 unspecified atom stereocenters. The van der Waals surface area contributed by atoms with Gasteiger partial charge in [0.25, 0.3) is 0 Å². The molecule has 0 aliphatic carbocycles. The molecule has 0 N–H and O–H groups in total. The Morgan fingerprint density at radius 3 is 1.24 bits per heavy atom. The van der Waals surface area contributed by atoms with Gasteiger partial charge in [0.15, 0.2) is 0 Å². The third-order valence-corrected chi connectivity index (χ3v) is 5.36. The Kier molecular flexibility index (Phi) is 15.3. The number of fused-ring (bicyclic) bond motifs is 2. The second-order valence-corrected chi connectivity index (χ2v) is 10.8. The molecule has 2 aromatic carbocycles. The topological polar surface area (TPSA) is 24.9 Å². The van der Waals surface area contributed by atoms with Gasteiger partial charge in [-0.2, -0.15) is 23.5 Å². The fourth-order valence-corrected chi connectivity index (χ4v) is 4.08. The molecule has 0 saturated heterocycles. The number of rotatable bonds is 4. The molecule has 0 bridgehead atoms. The second kappa shape index (κ2) is 16.7. The minimum absolute atomic E-state index is 0.246. The first-order valence-corrected chi connectivity index (χ1v) is 15.0. The largest absolute Gasteiger partial charge is 0.423 e. The van der Waals surface area contributed by atoms with Gasteiger partial charge in [0.2, 0.25) is 0 Å². The monoisotopic (exact) mass is 502 g/mol. The zero-order chi connectivity index (χ0) is 25.7. The van der Waals surface area contributed by atoms with Crippen LogP contribution in [0.5, 0.6) is 0 Å². The van der Waals surface area contributed by atoms with Crippen LogP contribution in [0.15, 0.2) is 48.5 Å². The molecule has 4 rings (SSSR count). The van der Waals surface area contributed by atoms with Crippen LogP contribution in [0.1, 0.15) is 23.3 Å². The highest BCUT2D eigenvalue weighted by molar-refractivity contribution is 7.98. The zero-order valence-electron chi connectivity index (χ0n) is 22.9. The van der Waals surface area contributed by atoms with Crippen LogP contribution in [-0.2, 0) is 9.31 Å². The molecule has 34 heavy (non-hydrogen) atoms. The van der Waals surface area contributed by atoms with Crippen LogP contribution >= 0.6 is 23.5 Å². The smallest absolute Gasteiger partial charge is 0.324 e. The fourth-order valence-electron chi connectivity index (χ4n) is 4.08. The molecule has 0 radical (unpaired) electrons. The van der Waals surface area contributed by atoms with E-state index in [-0.39, 0.29) is 26.0 Å². The van der Waals surface area contributed by atoms with E-state index in [1.807, 2.05) is 25.0 Å². The van der Waals surface area contributed by atoms with Gasteiger partial charge in [0.1, 0.15) is 0 Å². The van der Waals surface area contributed by atoms with E-state index in [9.17, 15) is 0 Å². The number of likely N-dealkylation sites (N-methyl/N-ethyl adjacent to an activating group) is 2. The van der Waals surface area contributed by atoms with E-state index in [0.717, 1.165) is 13.1 Å². The van der Waals surface area contributed by atoms with E-state index in [0.29, 0.717) is 0 Å². The summed E-state index contributed by atoms with van der Waals surface area (Å²) in [5, 5.41) is 0. The molecular weight excluding hydrogens is 458 g/mol. The van der Waals surface area contributed by atoms with Gasteiger partial charge in [-0.1, -0.05) is 62.2 Å². The number of hydrogen-bond acceptors (Lipinski definition) is 6. The lowest BCUT2D eigenvalue weighted by atomic mass is 9.64. The second-order valence-electron chi connectivity index (χ2n) is 9.13. The molecule has 0 amide bonds. The van der Waals surface area contributed by atoms with E-state index < -0.39 is 0 Å². The average molecular weight is 502 g/mol. The van der Waals surface area contributed by atoms with Crippen LogP contribution in [0.2, 0.25) is 13.6 Å². The van der Waals surface area contributed by atoms with Crippen LogP contribution in [0.4, 0.5) is 0 Å². The summed E-state index contributed by atoms with van der Waals surface area (Å²) in [6.45, 7) is 6.65. The Labute approximate surface area is 218 Å². The molecule has 2 aromatic rings. The predicted molar refractivity (Wildman–Crippen MR) is 159 cm³/mol. The summed E-state index contributed by atoms with van der Waals surface area (Å²) in [7, 11) is 8.31. The maximum atomic E-state index is 5.90. The molecule has 8 heteroatoms. The van der Waals surface area contributed by atoms with Crippen LogP contribution < -0.4 is 10.9 Å². The SMILES string of the molecule is CB1OC(CN(C)C)c2ccccc21.CB1OC(CN(C)C)c2ccccc21.CSC.CSC. The summed E-state index contributed by atoms with van der Waals surface area (Å²) in [6, 6.07) is 17.0. The zero-order valence-corrected chi connectivity index (χ0v) is 24.5. The fraction of sp³-hybridized carbons (Fsp3) is 0.538. The molecule has 188 valence electrons. The van der Waals surface area contributed by atoms with Gasteiger partial charge < -0.3 is 19.1 Å². The number of benzene rings is 2. The van der Waals surface area contributed by atoms with E-state index in [4.69, 9.17) is 9.31 Å². The van der Waals surface area contributed by atoms with Crippen LogP contribution in [0.3, 0.4) is 0 Å². The highest BCUT2D eigenvalue weighted by Crippen LogP contribution is 2.25. The molecule has 0 aromatic heterocycles. The van der Waals surface area contributed by atoms with Crippen molar-refractivity contribution >= 4 is 48.3 Å². The molecule has 2 aliphatic heterocycles. The third kappa shape index (κ3) is 10.00. The first kappa shape index (κ1) is 31.1. The van der Waals surface area contributed by atoms with Crippen molar-refractivity contribution in [1.82, 2.24) is 9.80 Å². The van der Waals surface area contributed by atoms with Crippen molar-refractivity contribution in [3.05, 3.63) is 59.7 Å². The molecule has 0 saturated carbocycles. The lowest BCUT2D eigenvalue weighted by Crippen LogP contribution is -2.24. The number of nitrogens with zero attached hydrogens (tertiary/aromatic N) is 2. The average Bonchev–Trinajstić information content (AvgIpc) is 3.26. The normalized spacial score (nSPS) is 17.8. The Hall–Kier alpha value is -0.890. The lowest BCUT2D eigenvalue weighted by Gasteiger charge is -2.17. The van der Waals surface area contributed by atoms with Crippen molar-refractivity contribution in [3.8, 4) is 0 Å². The van der Waals surface area contributed by atoms with Gasteiger partial charge in [0.05, 0.1) is 12.2 Å². The predicted octanol–water partition coefficient (Wildman–Crippen LogP) is 4.25. The van der Waals surface area contributed by atoms with Gasteiger partial charge in [-0.3, -0.25) is 0 Å². The van der Waals surface area contributed by atoms with Gasteiger partial charge in [-0.05, 0) is 75.3 Å². The highest BCUT2D eigenvalue weighted by Gasteiger charge is 2.32. The standard InChI is InChI=1S/2C11H16BNO.2C2H6S/c2*1-12-10-7-5-4-6-9(10)11(14-12)8-13(2)3;2*1-3-2/h2*4-7,11H,8H2,1-3H3;2*1-2H3. The Bertz CT molecular complexity index is 755. The van der Waals surface area contributed by atoms with Crippen molar-refractivity contribution in [2.45, 2.75) is 25.9 Å². The van der Waals surface area contributed by atoms with Crippen molar-refractivity contribution in [2.75, 3.05) is 66.3 Å². The minimum atomic E-state index is 0.246. The van der Waals surface area contributed by atoms with E-state index >= 15 is 0 Å². The maximum Gasteiger partial charge on any atom is 0.324 e. The molecule has 4 nitrogen and oxygen atoms in total. The Balaban J connectivity index is 0.000000277. The lowest BCUT2D eigenvalue weighted by molar-refractivity contribution is 0.176. The Morgan fingerprint density at radius 2 is 0.941 bits per heavy atom. The summed E-state index contributed by atoms with van der Waals surface area (Å²) in [5.41, 5.74) is 5.40. The van der Waals surface area contributed by atoms with Crippen molar-refractivity contribution in [2.24, 2.45) is 0 Å². The van der Waals surface area contributed by atoms with Crippen molar-refractivity contribution < 1.29 is 9.31 Å². The molecule has 2 aliphatic rings. The summed E-state index contributed by atoms with van der Waals surface area (Å²) in [6.07, 6.45) is 8.66. The Morgan fingerprint density at radius 1 is 0.647 bits per heavy atom. The van der Waals surface area contributed by atoms with Crippen LogP contribution in [0.25, 0.3) is 0 Å². The van der Waals surface area contributed by atoms with E-state index in [1.54, 1.807) is 23.5 Å². The molecule has 0 fully saturated rings. The summed E-state index contributed by atoms with van der Waals surface area (Å²) in [4.78, 5) is 4.33. The molecular formula is C26H44B2N2O2S2.